The number of benzene rings is 2. The monoisotopic (exact) mass is 342 g/mol. The van der Waals surface area contributed by atoms with E-state index in [0.29, 0.717) is 5.02 Å². The van der Waals surface area contributed by atoms with E-state index in [1.807, 2.05) is 48.7 Å². The van der Waals surface area contributed by atoms with E-state index in [2.05, 4.69) is 15.9 Å². The third kappa shape index (κ3) is 3.22. The minimum atomic E-state index is 0.677. The van der Waals surface area contributed by atoms with Crippen LogP contribution in [0.1, 0.15) is 5.56 Å². The summed E-state index contributed by atoms with van der Waals surface area (Å²) in [5.74, 6) is 1.65. The summed E-state index contributed by atoms with van der Waals surface area (Å²) in [5, 5.41) is 1.41. The first-order valence-electron chi connectivity index (χ1n) is 5.40. The van der Waals surface area contributed by atoms with Gasteiger partial charge in [0.25, 0.3) is 0 Å². The maximum absolute atomic E-state index is 6.01. The number of hydrogen-bond acceptors (Lipinski definition) is 2. The molecular weight excluding hydrogens is 332 g/mol. The van der Waals surface area contributed by atoms with Gasteiger partial charge in [0.1, 0.15) is 11.5 Å². The molecule has 4 heteroatoms. The molecule has 0 bridgehead atoms. The van der Waals surface area contributed by atoms with Crippen LogP contribution in [0, 0.1) is 0 Å². The normalized spacial score (nSPS) is 10.4. The second kappa shape index (κ2) is 6.50. The van der Waals surface area contributed by atoms with Crippen molar-refractivity contribution in [2.24, 2.45) is 0 Å². The van der Waals surface area contributed by atoms with E-state index in [9.17, 15) is 0 Å². The molecule has 0 atom stereocenters. The van der Waals surface area contributed by atoms with Gasteiger partial charge < -0.3 is 4.74 Å². The minimum absolute atomic E-state index is 0.677. The zero-order valence-electron chi connectivity index (χ0n) is 9.82. The predicted molar refractivity (Wildman–Crippen MR) is 82.4 cm³/mol. The smallest absolute Gasteiger partial charge is 0.140 e. The zero-order chi connectivity index (χ0) is 13.0. The molecule has 0 radical (unpaired) electrons. The molecule has 94 valence electrons. The fraction of sp³-hybridized carbons (Fsp3) is 0.143. The number of rotatable bonds is 4. The Morgan fingerprint density at radius 1 is 1.17 bits per heavy atom. The van der Waals surface area contributed by atoms with Crippen molar-refractivity contribution in [3.63, 3.8) is 0 Å². The zero-order valence-corrected chi connectivity index (χ0v) is 13.0. The molecule has 0 unspecified atom stereocenters. The molecule has 0 aromatic heterocycles. The van der Waals surface area contributed by atoms with Crippen LogP contribution in [0.15, 0.2) is 47.4 Å². The number of para-hydroxylation sites is 1. The molecule has 0 fully saturated rings. The van der Waals surface area contributed by atoms with E-state index in [4.69, 9.17) is 16.3 Å². The van der Waals surface area contributed by atoms with Crippen molar-refractivity contribution >= 4 is 39.3 Å². The summed E-state index contributed by atoms with van der Waals surface area (Å²) in [6, 6.07) is 13.6. The van der Waals surface area contributed by atoms with E-state index in [-0.39, 0.29) is 0 Å². The van der Waals surface area contributed by atoms with Crippen molar-refractivity contribution in [2.45, 2.75) is 10.2 Å². The quantitative estimate of drug-likeness (QED) is 0.516. The average Bonchev–Trinajstić information content (AvgIpc) is 2.40. The first-order valence-corrected chi connectivity index (χ1v) is 8.12. The van der Waals surface area contributed by atoms with Gasteiger partial charge in [-0.25, -0.2) is 0 Å². The molecule has 0 aliphatic heterocycles. The van der Waals surface area contributed by atoms with Gasteiger partial charge in [0.15, 0.2) is 0 Å². The number of halogens is 2. The molecule has 0 saturated heterocycles. The molecule has 0 saturated carbocycles. The van der Waals surface area contributed by atoms with Crippen LogP contribution in [0.4, 0.5) is 0 Å². The lowest BCUT2D eigenvalue weighted by Gasteiger charge is -2.12. The van der Waals surface area contributed by atoms with E-state index in [1.54, 1.807) is 11.8 Å². The molecule has 2 aromatic carbocycles. The molecule has 0 aliphatic rings. The Morgan fingerprint density at radius 2 is 1.94 bits per heavy atom. The Bertz CT molecular complexity index is 545. The average molecular weight is 344 g/mol. The molecule has 2 aromatic rings. The van der Waals surface area contributed by atoms with Crippen molar-refractivity contribution < 1.29 is 4.74 Å². The number of thioether (sulfide) groups is 1. The summed E-state index contributed by atoms with van der Waals surface area (Å²) >= 11 is 11.1. The van der Waals surface area contributed by atoms with Crippen molar-refractivity contribution in [2.75, 3.05) is 6.26 Å². The lowest BCUT2D eigenvalue weighted by molar-refractivity contribution is 0.467. The minimum Gasteiger partial charge on any atom is -0.456 e. The molecule has 0 spiro atoms. The summed E-state index contributed by atoms with van der Waals surface area (Å²) in [7, 11) is 0. The van der Waals surface area contributed by atoms with Gasteiger partial charge in [-0.05, 0) is 30.5 Å². The fourth-order valence-corrected chi connectivity index (χ4v) is 2.71. The Hall–Kier alpha value is -0.640. The second-order valence-electron chi connectivity index (χ2n) is 3.64. The first kappa shape index (κ1) is 13.8. The third-order valence-electron chi connectivity index (χ3n) is 2.46. The lowest BCUT2D eigenvalue weighted by atomic mass is 10.2. The van der Waals surface area contributed by atoms with Crippen LogP contribution < -0.4 is 4.74 Å². The van der Waals surface area contributed by atoms with Crippen LogP contribution >= 0.6 is 39.3 Å². The lowest BCUT2D eigenvalue weighted by Crippen LogP contribution is -1.91. The number of ether oxygens (including phenoxy) is 1. The summed E-state index contributed by atoms with van der Waals surface area (Å²) in [4.78, 5) is 1.11. The van der Waals surface area contributed by atoms with Crippen molar-refractivity contribution in [1.29, 1.82) is 0 Å². The van der Waals surface area contributed by atoms with Gasteiger partial charge in [-0.15, -0.1) is 11.8 Å². The SMILES string of the molecule is CSc1ccccc1Oc1cc(Cl)ccc1CBr. The van der Waals surface area contributed by atoms with Crippen LogP contribution in [-0.4, -0.2) is 6.26 Å². The van der Waals surface area contributed by atoms with Gasteiger partial charge >= 0.3 is 0 Å². The van der Waals surface area contributed by atoms with Crippen molar-refractivity contribution in [3.05, 3.63) is 53.1 Å². The van der Waals surface area contributed by atoms with Gasteiger partial charge in [0.05, 0.1) is 0 Å². The van der Waals surface area contributed by atoms with Crippen LogP contribution in [0.2, 0.25) is 5.02 Å². The predicted octanol–water partition coefficient (Wildman–Crippen LogP) is 5.75. The maximum atomic E-state index is 6.01. The Labute approximate surface area is 125 Å². The van der Waals surface area contributed by atoms with Crippen molar-refractivity contribution in [3.8, 4) is 11.5 Å². The Balaban J connectivity index is 2.36. The third-order valence-corrected chi connectivity index (χ3v) is 4.08. The molecular formula is C14H12BrClOS. The largest absolute Gasteiger partial charge is 0.456 e. The van der Waals surface area contributed by atoms with Crippen LogP contribution in [-0.2, 0) is 5.33 Å². The van der Waals surface area contributed by atoms with Crippen molar-refractivity contribution in [1.82, 2.24) is 0 Å². The summed E-state index contributed by atoms with van der Waals surface area (Å²) in [5.41, 5.74) is 1.08. The first-order chi connectivity index (χ1) is 8.74. The summed E-state index contributed by atoms with van der Waals surface area (Å²) in [6.45, 7) is 0. The molecule has 0 N–H and O–H groups in total. The number of hydrogen-bond donors (Lipinski definition) is 0. The van der Waals surface area contributed by atoms with E-state index in [0.717, 1.165) is 27.3 Å². The topological polar surface area (TPSA) is 9.23 Å². The highest BCUT2D eigenvalue weighted by Crippen LogP contribution is 2.34. The Morgan fingerprint density at radius 3 is 2.67 bits per heavy atom. The van der Waals surface area contributed by atoms with Gasteiger partial charge in [-0.3, -0.25) is 0 Å². The van der Waals surface area contributed by atoms with E-state index < -0.39 is 0 Å². The second-order valence-corrected chi connectivity index (χ2v) is 5.48. The van der Waals surface area contributed by atoms with Gasteiger partial charge in [-0.1, -0.05) is 45.7 Å². The summed E-state index contributed by atoms with van der Waals surface area (Å²) < 4.78 is 5.97. The van der Waals surface area contributed by atoms with E-state index >= 15 is 0 Å². The van der Waals surface area contributed by atoms with Crippen LogP contribution in [0.25, 0.3) is 0 Å². The van der Waals surface area contributed by atoms with E-state index in [1.165, 1.54) is 0 Å². The number of alkyl halides is 1. The molecule has 0 amide bonds. The molecule has 2 rings (SSSR count). The Kier molecular flexibility index (Phi) is 4.98. The molecule has 0 aliphatic carbocycles. The standard InChI is InChI=1S/C14H12BrClOS/c1-18-14-5-3-2-4-12(14)17-13-8-11(16)7-6-10(13)9-15/h2-8H,9H2,1H3. The maximum Gasteiger partial charge on any atom is 0.140 e. The van der Waals surface area contributed by atoms with Gasteiger partial charge in [0.2, 0.25) is 0 Å². The highest BCUT2D eigenvalue weighted by Gasteiger charge is 2.08. The highest BCUT2D eigenvalue weighted by molar-refractivity contribution is 9.08. The van der Waals surface area contributed by atoms with Crippen LogP contribution in [0.3, 0.4) is 0 Å². The van der Waals surface area contributed by atoms with Crippen LogP contribution in [0.5, 0.6) is 11.5 Å². The van der Waals surface area contributed by atoms with Gasteiger partial charge in [0, 0.05) is 20.8 Å². The molecule has 0 heterocycles. The molecule has 1 nitrogen and oxygen atoms in total. The molecule has 18 heavy (non-hydrogen) atoms. The fourth-order valence-electron chi connectivity index (χ4n) is 1.56. The van der Waals surface area contributed by atoms with Gasteiger partial charge in [-0.2, -0.15) is 0 Å². The summed E-state index contributed by atoms with van der Waals surface area (Å²) in [6.07, 6.45) is 2.03. The highest BCUT2D eigenvalue weighted by atomic mass is 79.9.